The minimum Gasteiger partial charge on any atom is -0.375 e. The molecule has 0 unspecified atom stereocenters. The lowest BCUT2D eigenvalue weighted by Gasteiger charge is -2.14. The van der Waals surface area contributed by atoms with E-state index in [0.717, 1.165) is 12.1 Å². The second kappa shape index (κ2) is 8.61. The van der Waals surface area contributed by atoms with Crippen LogP contribution in [0.2, 0.25) is 0 Å². The first-order valence-corrected chi connectivity index (χ1v) is 7.95. The summed E-state index contributed by atoms with van der Waals surface area (Å²) >= 11 is 4.56. The number of benzene rings is 2. The second-order valence-electron chi connectivity index (χ2n) is 5.42. The van der Waals surface area contributed by atoms with E-state index in [9.17, 15) is 27.7 Å². The first kappa shape index (κ1) is 21.0. The molecule has 28 heavy (non-hydrogen) atoms. The van der Waals surface area contributed by atoms with Crippen molar-refractivity contribution in [3.63, 3.8) is 0 Å². The van der Waals surface area contributed by atoms with Crippen LogP contribution in [0.4, 0.5) is 28.9 Å². The maximum atomic E-state index is 13.2. The number of hydrogen-bond donors (Lipinski definition) is 3. The quantitative estimate of drug-likeness (QED) is 0.219. The monoisotopic (exact) mass is 415 g/mol. The van der Waals surface area contributed by atoms with Crippen LogP contribution in [0.3, 0.4) is 0 Å². The van der Waals surface area contributed by atoms with Crippen LogP contribution in [0.25, 0.3) is 0 Å². The van der Waals surface area contributed by atoms with Crippen molar-refractivity contribution >= 4 is 34.9 Å². The number of nitro benzene ring substituents is 1. The molecule has 0 atom stereocenters. The van der Waals surface area contributed by atoms with Crippen molar-refractivity contribution in [3.8, 4) is 0 Å². The molecule has 2 aromatic carbocycles. The lowest BCUT2D eigenvalue weighted by atomic mass is 10.1. The van der Waals surface area contributed by atoms with Crippen LogP contribution in [0.1, 0.15) is 16.7 Å². The second-order valence-corrected chi connectivity index (χ2v) is 5.86. The van der Waals surface area contributed by atoms with Gasteiger partial charge in [0.2, 0.25) is 0 Å². The lowest BCUT2D eigenvalue weighted by molar-refractivity contribution is -0.384. The number of thiocarbonyl (C=S) groups is 1. The van der Waals surface area contributed by atoms with Gasteiger partial charge < -0.3 is 11.1 Å². The van der Waals surface area contributed by atoms with Crippen LogP contribution in [0.15, 0.2) is 41.5 Å². The van der Waals surface area contributed by atoms with Gasteiger partial charge in [-0.15, -0.1) is 0 Å². The number of nitrogens with one attached hydrogen (secondary N) is 2. The molecule has 0 aliphatic rings. The van der Waals surface area contributed by atoms with E-state index < -0.39 is 29.0 Å². The van der Waals surface area contributed by atoms with Crippen LogP contribution >= 0.6 is 12.2 Å². The standard InChI is InChI=1S/C16H13F4N5O2S/c17-11-3-2-10(12(6-11)16(18,19)20)8-22-13-4-1-9(5-14(13)25(26)27)7-23-24-15(21)28/h1-7,22H,8H2,(H3,21,24,28)/b23-7+. The Balaban J connectivity index is 2.26. The molecule has 0 bridgehead atoms. The smallest absolute Gasteiger partial charge is 0.375 e. The molecule has 2 aromatic rings. The highest BCUT2D eigenvalue weighted by Gasteiger charge is 2.33. The first-order valence-electron chi connectivity index (χ1n) is 7.54. The van der Waals surface area contributed by atoms with Crippen LogP contribution < -0.4 is 16.5 Å². The van der Waals surface area contributed by atoms with Gasteiger partial charge in [0.05, 0.1) is 16.7 Å². The van der Waals surface area contributed by atoms with Gasteiger partial charge in [0.15, 0.2) is 5.11 Å². The molecule has 4 N–H and O–H groups in total. The number of nitrogens with zero attached hydrogens (tertiary/aromatic N) is 2. The number of halogens is 4. The predicted molar refractivity (Wildman–Crippen MR) is 99.3 cm³/mol. The molecule has 0 fully saturated rings. The number of alkyl halides is 3. The van der Waals surface area contributed by atoms with Crippen LogP contribution in [0.5, 0.6) is 0 Å². The molecule has 0 radical (unpaired) electrons. The van der Waals surface area contributed by atoms with Gasteiger partial charge in [-0.3, -0.25) is 15.5 Å². The topological polar surface area (TPSA) is 106 Å². The van der Waals surface area contributed by atoms with Crippen molar-refractivity contribution in [2.45, 2.75) is 12.7 Å². The molecule has 0 amide bonds. The van der Waals surface area contributed by atoms with E-state index in [1.165, 1.54) is 24.4 Å². The van der Waals surface area contributed by atoms with Crippen LogP contribution in [0, 0.1) is 15.9 Å². The van der Waals surface area contributed by atoms with Crippen molar-refractivity contribution in [2.24, 2.45) is 10.8 Å². The highest BCUT2D eigenvalue weighted by molar-refractivity contribution is 7.80. The first-order chi connectivity index (χ1) is 13.1. The third-order valence-corrected chi connectivity index (χ3v) is 3.54. The summed E-state index contributed by atoms with van der Waals surface area (Å²) in [5, 5.41) is 17.4. The molecule has 0 aromatic heterocycles. The van der Waals surface area contributed by atoms with E-state index in [1.54, 1.807) is 0 Å². The van der Waals surface area contributed by atoms with E-state index in [4.69, 9.17) is 5.73 Å². The van der Waals surface area contributed by atoms with Crippen molar-refractivity contribution in [3.05, 3.63) is 69.0 Å². The van der Waals surface area contributed by atoms with Gasteiger partial charge in [0.25, 0.3) is 5.69 Å². The van der Waals surface area contributed by atoms with E-state index in [0.29, 0.717) is 11.6 Å². The van der Waals surface area contributed by atoms with Gasteiger partial charge in [0, 0.05) is 18.2 Å². The normalized spacial score (nSPS) is 11.4. The summed E-state index contributed by atoms with van der Waals surface area (Å²) in [6.45, 7) is -0.396. The number of nitrogens with two attached hydrogens (primary N) is 1. The molecular formula is C16H13F4N5O2S. The van der Waals surface area contributed by atoms with Crippen molar-refractivity contribution in [1.82, 2.24) is 5.43 Å². The fraction of sp³-hybridized carbons (Fsp3) is 0.125. The predicted octanol–water partition coefficient (Wildman–Crippen LogP) is 3.53. The summed E-state index contributed by atoms with van der Waals surface area (Å²) in [5.41, 5.74) is 6.00. The highest BCUT2D eigenvalue weighted by atomic mass is 32.1. The Bertz CT molecular complexity index is 934. The fourth-order valence-corrected chi connectivity index (χ4v) is 2.31. The molecule has 0 saturated carbocycles. The van der Waals surface area contributed by atoms with Gasteiger partial charge in [-0.05, 0) is 36.0 Å². The molecule has 0 saturated heterocycles. The minimum absolute atomic E-state index is 0.0121. The van der Waals surface area contributed by atoms with E-state index >= 15 is 0 Å². The fourth-order valence-electron chi connectivity index (χ4n) is 2.26. The number of nitro groups is 1. The molecule has 12 heteroatoms. The molecule has 0 aliphatic carbocycles. The Kier molecular flexibility index (Phi) is 6.46. The summed E-state index contributed by atoms with van der Waals surface area (Å²) in [5.74, 6) is -1.03. The molecule has 0 aliphatic heterocycles. The average Bonchev–Trinajstić information content (AvgIpc) is 2.60. The van der Waals surface area contributed by atoms with Crippen LogP contribution in [-0.4, -0.2) is 16.3 Å². The Morgan fingerprint density at radius 2 is 2.00 bits per heavy atom. The van der Waals surface area contributed by atoms with Crippen LogP contribution in [-0.2, 0) is 12.7 Å². The minimum atomic E-state index is -4.76. The summed E-state index contributed by atoms with van der Waals surface area (Å²) in [6.07, 6.45) is -3.53. The Labute approximate surface area is 161 Å². The van der Waals surface area contributed by atoms with Gasteiger partial charge >= 0.3 is 6.18 Å². The van der Waals surface area contributed by atoms with E-state index in [1.807, 2.05) is 0 Å². The third-order valence-electron chi connectivity index (χ3n) is 3.45. The van der Waals surface area contributed by atoms with Gasteiger partial charge in [-0.25, -0.2) is 4.39 Å². The average molecular weight is 415 g/mol. The SMILES string of the molecule is NC(=S)N/N=C/c1ccc(NCc2ccc(F)cc2C(F)(F)F)c([N+](=O)[O-])c1. The highest BCUT2D eigenvalue weighted by Crippen LogP contribution is 2.33. The Morgan fingerprint density at radius 3 is 2.61 bits per heavy atom. The summed E-state index contributed by atoms with van der Waals surface area (Å²) in [7, 11) is 0. The Morgan fingerprint density at radius 1 is 1.29 bits per heavy atom. The third kappa shape index (κ3) is 5.61. The number of hydrazone groups is 1. The lowest BCUT2D eigenvalue weighted by Crippen LogP contribution is -2.23. The van der Waals surface area contributed by atoms with Gasteiger partial charge in [-0.1, -0.05) is 12.1 Å². The van der Waals surface area contributed by atoms with Gasteiger partial charge in [0.1, 0.15) is 11.5 Å². The van der Waals surface area contributed by atoms with E-state index in [-0.39, 0.29) is 22.1 Å². The molecule has 148 valence electrons. The molecule has 2 rings (SSSR count). The van der Waals surface area contributed by atoms with E-state index in [2.05, 4.69) is 28.1 Å². The molecule has 7 nitrogen and oxygen atoms in total. The summed E-state index contributed by atoms with van der Waals surface area (Å²) in [6, 6.07) is 6.17. The number of anilines is 1. The zero-order valence-corrected chi connectivity index (χ0v) is 14.8. The summed E-state index contributed by atoms with van der Waals surface area (Å²) < 4.78 is 52.3. The largest absolute Gasteiger partial charge is 0.416 e. The zero-order valence-electron chi connectivity index (χ0n) is 14.0. The Hall–Kier alpha value is -3.28. The van der Waals surface area contributed by atoms with Crippen molar-refractivity contribution < 1.29 is 22.5 Å². The maximum Gasteiger partial charge on any atom is 0.416 e. The number of rotatable bonds is 6. The molecule has 0 heterocycles. The number of hydrogen-bond acceptors (Lipinski definition) is 5. The van der Waals surface area contributed by atoms with Crippen molar-refractivity contribution in [1.29, 1.82) is 0 Å². The zero-order chi connectivity index (χ0) is 20.9. The molecule has 0 spiro atoms. The molecular weight excluding hydrogens is 402 g/mol. The maximum absolute atomic E-state index is 13.2. The van der Waals surface area contributed by atoms with Crippen molar-refractivity contribution in [2.75, 3.05) is 5.32 Å². The van der Waals surface area contributed by atoms with Gasteiger partial charge in [-0.2, -0.15) is 18.3 Å². The summed E-state index contributed by atoms with van der Waals surface area (Å²) in [4.78, 5) is 10.6.